The third-order valence-corrected chi connectivity index (χ3v) is 6.27. The Morgan fingerprint density at radius 1 is 0.871 bits per heavy atom. The summed E-state index contributed by atoms with van der Waals surface area (Å²) in [6.45, 7) is 0. The van der Waals surface area contributed by atoms with E-state index in [1.807, 2.05) is 35.7 Å². The molecule has 0 saturated heterocycles. The molecule has 0 saturated carbocycles. The zero-order valence-corrected chi connectivity index (χ0v) is 18.4. The van der Waals surface area contributed by atoms with E-state index in [2.05, 4.69) is 34.6 Å². The van der Waals surface area contributed by atoms with Gasteiger partial charge in [0, 0.05) is 22.8 Å². The SMILES string of the molecule is CS(=O)(=O)Cc1ccc(C(=O)Nc2nc(-c3ccc(-c4ccccc4)cc3)cs2)cc1. The molecule has 0 aliphatic carbocycles. The Hall–Kier alpha value is -3.29. The minimum atomic E-state index is -3.11. The van der Waals surface area contributed by atoms with Crippen molar-refractivity contribution in [3.8, 4) is 22.4 Å². The summed E-state index contributed by atoms with van der Waals surface area (Å²) in [5.74, 6) is -0.334. The number of nitrogens with one attached hydrogen (secondary N) is 1. The Kier molecular flexibility index (Phi) is 5.97. The number of carbonyl (C=O) groups is 1. The average molecular weight is 449 g/mol. The number of hydrogen-bond donors (Lipinski definition) is 1. The summed E-state index contributed by atoms with van der Waals surface area (Å²) in [7, 11) is -3.11. The van der Waals surface area contributed by atoms with Crippen LogP contribution >= 0.6 is 11.3 Å². The van der Waals surface area contributed by atoms with E-state index >= 15 is 0 Å². The van der Waals surface area contributed by atoms with Crippen LogP contribution in [0.2, 0.25) is 0 Å². The molecule has 0 unspecified atom stereocenters. The molecule has 0 spiro atoms. The van der Waals surface area contributed by atoms with Crippen LogP contribution in [0.4, 0.5) is 5.13 Å². The van der Waals surface area contributed by atoms with E-state index in [0.717, 1.165) is 22.4 Å². The van der Waals surface area contributed by atoms with Crippen molar-refractivity contribution in [3.63, 3.8) is 0 Å². The fourth-order valence-electron chi connectivity index (χ4n) is 3.15. The second kappa shape index (κ2) is 8.83. The Bertz CT molecular complexity index is 1300. The molecule has 1 N–H and O–H groups in total. The Morgan fingerprint density at radius 2 is 1.48 bits per heavy atom. The molecular weight excluding hydrogens is 428 g/mol. The summed E-state index contributed by atoms with van der Waals surface area (Å²) < 4.78 is 22.8. The minimum Gasteiger partial charge on any atom is -0.298 e. The number of amides is 1. The van der Waals surface area contributed by atoms with Gasteiger partial charge in [-0.05, 0) is 28.8 Å². The van der Waals surface area contributed by atoms with Crippen LogP contribution in [0.1, 0.15) is 15.9 Å². The number of nitrogens with zero attached hydrogens (tertiary/aromatic N) is 1. The van der Waals surface area contributed by atoms with Gasteiger partial charge >= 0.3 is 0 Å². The predicted octanol–water partition coefficient (Wildman–Crippen LogP) is 5.27. The monoisotopic (exact) mass is 448 g/mol. The lowest BCUT2D eigenvalue weighted by Gasteiger charge is -2.04. The number of carbonyl (C=O) groups excluding carboxylic acids is 1. The standard InChI is InChI=1S/C24H20N2O3S2/c1-31(28,29)16-17-7-9-21(10-8-17)23(27)26-24-25-22(15-30-24)20-13-11-19(12-14-20)18-5-3-2-4-6-18/h2-15H,16H2,1H3,(H,25,26,27). The maximum atomic E-state index is 12.5. The molecule has 1 amide bonds. The van der Waals surface area contributed by atoms with E-state index in [0.29, 0.717) is 16.3 Å². The number of anilines is 1. The van der Waals surface area contributed by atoms with Crippen molar-refractivity contribution in [3.05, 3.63) is 95.4 Å². The first-order valence-corrected chi connectivity index (χ1v) is 12.5. The van der Waals surface area contributed by atoms with Gasteiger partial charge in [0.25, 0.3) is 5.91 Å². The predicted molar refractivity (Wildman–Crippen MR) is 126 cm³/mol. The van der Waals surface area contributed by atoms with E-state index in [-0.39, 0.29) is 11.7 Å². The highest BCUT2D eigenvalue weighted by molar-refractivity contribution is 7.89. The van der Waals surface area contributed by atoms with Crippen molar-refractivity contribution in [1.82, 2.24) is 4.98 Å². The van der Waals surface area contributed by atoms with Gasteiger partial charge in [-0.25, -0.2) is 13.4 Å². The van der Waals surface area contributed by atoms with E-state index in [1.54, 1.807) is 24.3 Å². The van der Waals surface area contributed by atoms with E-state index in [4.69, 9.17) is 0 Å². The lowest BCUT2D eigenvalue weighted by Crippen LogP contribution is -2.11. The van der Waals surface area contributed by atoms with E-state index in [9.17, 15) is 13.2 Å². The summed E-state index contributed by atoms with van der Waals surface area (Å²) in [5, 5.41) is 5.22. The Morgan fingerprint density at radius 3 is 2.13 bits per heavy atom. The molecule has 0 bridgehead atoms. The zero-order chi connectivity index (χ0) is 21.8. The molecule has 1 aromatic heterocycles. The highest BCUT2D eigenvalue weighted by atomic mass is 32.2. The van der Waals surface area contributed by atoms with Crippen LogP contribution in [0.25, 0.3) is 22.4 Å². The molecule has 0 radical (unpaired) electrons. The summed E-state index contributed by atoms with van der Waals surface area (Å²) in [6.07, 6.45) is 1.18. The van der Waals surface area contributed by atoms with Gasteiger partial charge < -0.3 is 0 Å². The van der Waals surface area contributed by atoms with E-state index < -0.39 is 9.84 Å². The first-order valence-electron chi connectivity index (χ1n) is 9.57. The molecule has 4 aromatic rings. The van der Waals surface area contributed by atoms with Crippen molar-refractivity contribution in [2.75, 3.05) is 11.6 Å². The second-order valence-corrected chi connectivity index (χ2v) is 10.2. The molecule has 7 heteroatoms. The highest BCUT2D eigenvalue weighted by Crippen LogP contribution is 2.28. The van der Waals surface area contributed by atoms with Crippen LogP contribution in [-0.2, 0) is 15.6 Å². The van der Waals surface area contributed by atoms with Crippen LogP contribution in [0.5, 0.6) is 0 Å². The molecule has 5 nitrogen and oxygen atoms in total. The van der Waals surface area contributed by atoms with Crippen LogP contribution in [-0.4, -0.2) is 25.6 Å². The van der Waals surface area contributed by atoms with Gasteiger partial charge in [-0.2, -0.15) is 0 Å². The number of benzene rings is 3. The van der Waals surface area contributed by atoms with Crippen molar-refractivity contribution < 1.29 is 13.2 Å². The summed E-state index contributed by atoms with van der Waals surface area (Å²) in [5.41, 5.74) is 5.15. The van der Waals surface area contributed by atoms with Crippen LogP contribution in [0.3, 0.4) is 0 Å². The number of thiazole rings is 1. The van der Waals surface area contributed by atoms with Gasteiger partial charge in [0.1, 0.15) is 0 Å². The zero-order valence-electron chi connectivity index (χ0n) is 16.8. The Balaban J connectivity index is 1.43. The van der Waals surface area contributed by atoms with Gasteiger partial charge in [0.05, 0.1) is 11.4 Å². The van der Waals surface area contributed by atoms with Crippen LogP contribution < -0.4 is 5.32 Å². The van der Waals surface area contributed by atoms with Crippen LogP contribution in [0.15, 0.2) is 84.2 Å². The van der Waals surface area contributed by atoms with Gasteiger partial charge in [0.2, 0.25) is 0 Å². The number of aromatic nitrogens is 1. The van der Waals surface area contributed by atoms with Gasteiger partial charge in [0.15, 0.2) is 15.0 Å². The van der Waals surface area contributed by atoms with Crippen molar-refractivity contribution in [2.24, 2.45) is 0 Å². The van der Waals surface area contributed by atoms with Crippen molar-refractivity contribution in [2.45, 2.75) is 5.75 Å². The fraction of sp³-hybridized carbons (Fsp3) is 0.0833. The van der Waals surface area contributed by atoms with Crippen molar-refractivity contribution in [1.29, 1.82) is 0 Å². The van der Waals surface area contributed by atoms with Gasteiger partial charge in [-0.3, -0.25) is 10.1 Å². The molecule has 156 valence electrons. The first kappa shape index (κ1) is 21.0. The topological polar surface area (TPSA) is 76.1 Å². The first-order chi connectivity index (χ1) is 14.9. The number of rotatable bonds is 6. The lowest BCUT2D eigenvalue weighted by molar-refractivity contribution is 0.102. The molecule has 0 aliphatic rings. The quantitative estimate of drug-likeness (QED) is 0.436. The van der Waals surface area contributed by atoms with Crippen molar-refractivity contribution >= 4 is 32.2 Å². The van der Waals surface area contributed by atoms with Crippen LogP contribution in [0, 0.1) is 0 Å². The molecule has 31 heavy (non-hydrogen) atoms. The minimum absolute atomic E-state index is 0.0478. The van der Waals surface area contributed by atoms with Gasteiger partial charge in [-0.1, -0.05) is 66.7 Å². The normalized spacial score (nSPS) is 11.3. The third kappa shape index (κ3) is 5.45. The molecule has 4 rings (SSSR count). The van der Waals surface area contributed by atoms with Gasteiger partial charge in [-0.15, -0.1) is 11.3 Å². The Labute approximate surface area is 185 Å². The molecular formula is C24H20N2O3S2. The summed E-state index contributed by atoms with van der Waals surface area (Å²) >= 11 is 1.36. The summed E-state index contributed by atoms with van der Waals surface area (Å²) in [4.78, 5) is 17.0. The average Bonchev–Trinajstić information content (AvgIpc) is 3.22. The highest BCUT2D eigenvalue weighted by Gasteiger charge is 2.11. The maximum absolute atomic E-state index is 12.5. The second-order valence-electron chi connectivity index (χ2n) is 7.20. The smallest absolute Gasteiger partial charge is 0.257 e. The maximum Gasteiger partial charge on any atom is 0.257 e. The molecule has 0 fully saturated rings. The summed E-state index contributed by atoms with van der Waals surface area (Å²) in [6, 6.07) is 24.8. The largest absolute Gasteiger partial charge is 0.298 e. The molecule has 0 atom stereocenters. The fourth-order valence-corrected chi connectivity index (χ4v) is 4.66. The third-order valence-electron chi connectivity index (χ3n) is 4.66. The lowest BCUT2D eigenvalue weighted by atomic mass is 10.0. The molecule has 0 aliphatic heterocycles. The molecule has 1 heterocycles. The number of hydrogen-bond acceptors (Lipinski definition) is 5. The van der Waals surface area contributed by atoms with E-state index in [1.165, 1.54) is 17.6 Å². The molecule has 3 aromatic carbocycles. The number of sulfone groups is 1.